The van der Waals surface area contributed by atoms with Crippen molar-refractivity contribution in [1.29, 1.82) is 0 Å². The van der Waals surface area contributed by atoms with Gasteiger partial charge in [0.05, 0.1) is 5.60 Å². The van der Waals surface area contributed by atoms with Gasteiger partial charge in [-0.25, -0.2) is 0 Å². The van der Waals surface area contributed by atoms with Gasteiger partial charge in [0.25, 0.3) is 0 Å². The summed E-state index contributed by atoms with van der Waals surface area (Å²) in [5, 5.41) is 15.4. The van der Waals surface area contributed by atoms with Crippen LogP contribution < -0.4 is 5.32 Å². The topological polar surface area (TPSA) is 35.5 Å². The van der Waals surface area contributed by atoms with E-state index in [4.69, 9.17) is 11.6 Å². The lowest BCUT2D eigenvalue weighted by molar-refractivity contribution is -0.0262. The Labute approximate surface area is 203 Å². The minimum absolute atomic E-state index is 0.0584. The van der Waals surface area contributed by atoms with Gasteiger partial charge in [0.2, 0.25) is 0 Å². The number of benzene rings is 3. The van der Waals surface area contributed by atoms with E-state index in [2.05, 4.69) is 70.9 Å². The monoisotopic (exact) mass is 462 g/mol. The van der Waals surface area contributed by atoms with Gasteiger partial charge in [-0.15, -0.1) is 0 Å². The molecule has 3 nitrogen and oxygen atoms in total. The second-order valence-corrected chi connectivity index (χ2v) is 9.76. The second kappa shape index (κ2) is 10.8. The van der Waals surface area contributed by atoms with Crippen molar-refractivity contribution in [2.24, 2.45) is 0 Å². The van der Waals surface area contributed by atoms with Crippen molar-refractivity contribution >= 4 is 11.6 Å². The summed E-state index contributed by atoms with van der Waals surface area (Å²) in [4.78, 5) is 2.50. The van der Waals surface area contributed by atoms with Crippen LogP contribution in [0.25, 0.3) is 0 Å². The number of aliphatic hydroxyl groups is 1. The number of hydrogen-bond donors (Lipinski definition) is 2. The summed E-state index contributed by atoms with van der Waals surface area (Å²) >= 11 is 6.03. The Morgan fingerprint density at radius 1 is 0.879 bits per heavy atom. The first-order chi connectivity index (χ1) is 16.1. The van der Waals surface area contributed by atoms with E-state index >= 15 is 0 Å². The van der Waals surface area contributed by atoms with Gasteiger partial charge in [0.1, 0.15) is 0 Å². The largest absolute Gasteiger partial charge is 0.385 e. The average molecular weight is 463 g/mol. The van der Waals surface area contributed by atoms with E-state index in [-0.39, 0.29) is 5.41 Å². The molecule has 1 saturated heterocycles. The van der Waals surface area contributed by atoms with Gasteiger partial charge in [-0.1, -0.05) is 84.4 Å². The summed E-state index contributed by atoms with van der Waals surface area (Å²) < 4.78 is 0. The molecule has 1 fully saturated rings. The Bertz CT molecular complexity index is 944. The molecule has 3 aromatic carbocycles. The highest BCUT2D eigenvalue weighted by molar-refractivity contribution is 6.30. The standard InChI is InChI=1S/C29H35ClN2O/c1-31-23-28(24-9-4-2-5-10-24,25-11-6-3-7-12-25)17-8-20-32-21-18-29(33,19-22-32)26-13-15-27(30)16-14-26/h2-7,9-16,31,33H,8,17-23H2,1H3. The average Bonchev–Trinajstić information content (AvgIpc) is 2.86. The zero-order valence-corrected chi connectivity index (χ0v) is 20.3. The first-order valence-corrected chi connectivity index (χ1v) is 12.4. The van der Waals surface area contributed by atoms with Gasteiger partial charge in [-0.3, -0.25) is 0 Å². The molecule has 0 atom stereocenters. The molecule has 33 heavy (non-hydrogen) atoms. The highest BCUT2D eigenvalue weighted by Crippen LogP contribution is 2.37. The quantitative estimate of drug-likeness (QED) is 0.434. The molecule has 1 aliphatic heterocycles. The van der Waals surface area contributed by atoms with E-state index in [1.807, 2.05) is 31.3 Å². The molecular weight excluding hydrogens is 428 g/mol. The van der Waals surface area contributed by atoms with E-state index in [0.717, 1.165) is 57.4 Å². The van der Waals surface area contributed by atoms with Gasteiger partial charge in [0.15, 0.2) is 0 Å². The number of halogens is 1. The lowest BCUT2D eigenvalue weighted by atomic mass is 9.71. The highest BCUT2D eigenvalue weighted by Gasteiger charge is 2.35. The van der Waals surface area contributed by atoms with Gasteiger partial charge >= 0.3 is 0 Å². The third kappa shape index (κ3) is 5.50. The van der Waals surface area contributed by atoms with E-state index < -0.39 is 5.60 Å². The lowest BCUT2D eigenvalue weighted by Gasteiger charge is -2.40. The van der Waals surface area contributed by atoms with Crippen LogP contribution in [0.5, 0.6) is 0 Å². The molecule has 0 amide bonds. The van der Waals surface area contributed by atoms with Crippen LogP contribution in [0.2, 0.25) is 5.02 Å². The highest BCUT2D eigenvalue weighted by atomic mass is 35.5. The van der Waals surface area contributed by atoms with Crippen LogP contribution in [0.1, 0.15) is 42.4 Å². The Morgan fingerprint density at radius 2 is 1.42 bits per heavy atom. The van der Waals surface area contributed by atoms with Crippen LogP contribution in [0.3, 0.4) is 0 Å². The first-order valence-electron chi connectivity index (χ1n) is 12.0. The zero-order valence-electron chi connectivity index (χ0n) is 19.5. The van der Waals surface area contributed by atoms with E-state index in [1.165, 1.54) is 11.1 Å². The van der Waals surface area contributed by atoms with Gasteiger partial charge < -0.3 is 15.3 Å². The minimum Gasteiger partial charge on any atom is -0.385 e. The number of nitrogens with zero attached hydrogens (tertiary/aromatic N) is 1. The van der Waals surface area contributed by atoms with Crippen LogP contribution in [0, 0.1) is 0 Å². The van der Waals surface area contributed by atoms with Crippen LogP contribution in [0.4, 0.5) is 0 Å². The molecule has 0 unspecified atom stereocenters. The van der Waals surface area contributed by atoms with Crippen molar-refractivity contribution < 1.29 is 5.11 Å². The molecular formula is C29H35ClN2O. The molecule has 174 valence electrons. The fraction of sp³-hybridized carbons (Fsp3) is 0.379. The van der Waals surface area contributed by atoms with Crippen molar-refractivity contribution in [3.8, 4) is 0 Å². The van der Waals surface area contributed by atoms with Crippen molar-refractivity contribution in [2.45, 2.75) is 36.7 Å². The van der Waals surface area contributed by atoms with E-state index in [1.54, 1.807) is 0 Å². The van der Waals surface area contributed by atoms with Crippen LogP contribution >= 0.6 is 11.6 Å². The van der Waals surface area contributed by atoms with Gasteiger partial charge in [-0.05, 0) is 68.1 Å². The summed E-state index contributed by atoms with van der Waals surface area (Å²) in [6, 6.07) is 29.5. The first kappa shape index (κ1) is 24.0. The molecule has 0 aliphatic carbocycles. The van der Waals surface area contributed by atoms with Crippen molar-refractivity contribution in [2.75, 3.05) is 33.2 Å². The molecule has 0 radical (unpaired) electrons. The second-order valence-electron chi connectivity index (χ2n) is 9.33. The minimum atomic E-state index is -0.745. The predicted octanol–water partition coefficient (Wildman–Crippen LogP) is 5.61. The van der Waals surface area contributed by atoms with E-state index in [0.29, 0.717) is 5.02 Å². The number of rotatable bonds is 9. The molecule has 0 aromatic heterocycles. The van der Waals surface area contributed by atoms with Gasteiger partial charge in [-0.2, -0.15) is 0 Å². The molecule has 4 heteroatoms. The third-order valence-electron chi connectivity index (χ3n) is 7.27. The van der Waals surface area contributed by atoms with Crippen LogP contribution in [0.15, 0.2) is 84.9 Å². The van der Waals surface area contributed by atoms with Crippen molar-refractivity contribution in [3.05, 3.63) is 107 Å². The molecule has 0 bridgehead atoms. The smallest absolute Gasteiger partial charge is 0.0920 e. The number of piperidine rings is 1. The molecule has 0 saturated carbocycles. The molecule has 0 spiro atoms. The Kier molecular flexibility index (Phi) is 7.87. The lowest BCUT2D eigenvalue weighted by Crippen LogP contribution is -2.43. The Hall–Kier alpha value is -2.17. The molecule has 3 aromatic rings. The number of likely N-dealkylation sites (N-methyl/N-ethyl adjacent to an activating group) is 1. The maximum atomic E-state index is 11.2. The molecule has 1 aliphatic rings. The number of nitrogens with one attached hydrogen (secondary N) is 1. The number of hydrogen-bond acceptors (Lipinski definition) is 3. The fourth-order valence-electron chi connectivity index (χ4n) is 5.36. The maximum absolute atomic E-state index is 11.2. The summed E-state index contributed by atoms with van der Waals surface area (Å²) in [6.45, 7) is 3.77. The summed E-state index contributed by atoms with van der Waals surface area (Å²) in [5.41, 5.74) is 2.90. The Balaban J connectivity index is 1.43. The Morgan fingerprint density at radius 3 is 1.94 bits per heavy atom. The normalized spacial score (nSPS) is 16.6. The summed E-state index contributed by atoms with van der Waals surface area (Å²) in [7, 11) is 2.04. The molecule has 2 N–H and O–H groups in total. The SMILES string of the molecule is CNCC(CCCN1CCC(O)(c2ccc(Cl)cc2)CC1)(c1ccccc1)c1ccccc1. The van der Waals surface area contributed by atoms with Crippen LogP contribution in [-0.4, -0.2) is 43.2 Å². The predicted molar refractivity (Wildman–Crippen MR) is 138 cm³/mol. The van der Waals surface area contributed by atoms with E-state index in [9.17, 15) is 5.11 Å². The summed E-state index contributed by atoms with van der Waals surface area (Å²) in [5.74, 6) is 0. The van der Waals surface area contributed by atoms with Gasteiger partial charge in [0, 0.05) is 30.1 Å². The zero-order chi connectivity index (χ0) is 23.2. The van der Waals surface area contributed by atoms with Crippen molar-refractivity contribution in [3.63, 3.8) is 0 Å². The maximum Gasteiger partial charge on any atom is 0.0920 e. The number of likely N-dealkylation sites (tertiary alicyclic amines) is 1. The molecule has 4 rings (SSSR count). The van der Waals surface area contributed by atoms with Crippen LogP contribution in [-0.2, 0) is 11.0 Å². The van der Waals surface area contributed by atoms with Crippen molar-refractivity contribution in [1.82, 2.24) is 10.2 Å². The summed E-state index contributed by atoms with van der Waals surface area (Å²) in [6.07, 6.45) is 3.69. The fourth-order valence-corrected chi connectivity index (χ4v) is 5.49. The molecule has 1 heterocycles. The third-order valence-corrected chi connectivity index (χ3v) is 7.53.